The molecule has 7 aromatic rings. The van der Waals surface area contributed by atoms with E-state index in [1.54, 1.807) is 54.6 Å². The zero-order chi connectivity index (χ0) is 35.6. The van der Waals surface area contributed by atoms with Gasteiger partial charge in [-0.2, -0.15) is 15.0 Å². The minimum atomic E-state index is -4.18. The van der Waals surface area contributed by atoms with Crippen molar-refractivity contribution in [1.82, 2.24) is 29.4 Å². The van der Waals surface area contributed by atoms with Crippen LogP contribution in [0.3, 0.4) is 0 Å². The number of sulfonamides is 3. The monoisotopic (exact) mass is 741 g/mol. The van der Waals surface area contributed by atoms with E-state index >= 15 is 0 Å². The van der Waals surface area contributed by atoms with E-state index in [9.17, 15) is 25.3 Å². The van der Waals surface area contributed by atoms with Gasteiger partial charge in [-0.15, -0.1) is 14.5 Å². The van der Waals surface area contributed by atoms with Crippen molar-refractivity contribution in [3.63, 3.8) is 0 Å². The van der Waals surface area contributed by atoms with Gasteiger partial charge in [0, 0.05) is 0 Å². The van der Waals surface area contributed by atoms with Crippen LogP contribution in [0.15, 0.2) is 142 Å². The predicted octanol–water partition coefficient (Wildman–Crippen LogP) is 4.25. The Balaban J connectivity index is 1.14. The van der Waals surface area contributed by atoms with E-state index in [0.29, 0.717) is 16.2 Å². The van der Waals surface area contributed by atoms with E-state index in [0.717, 1.165) is 16.2 Å². The number of anilines is 3. The van der Waals surface area contributed by atoms with Gasteiger partial charge in [-0.05, 0) is 68.7 Å². The van der Waals surface area contributed by atoms with Gasteiger partial charge in [-0.25, -0.2) is 25.3 Å². The third-order valence-corrected chi connectivity index (χ3v) is 11.4. The standard InChI is InChI=1S/C33H27N9O6S3/c43-49(44,28-16-13-22-7-1-4-10-25(22)19-28)40-37-31-34-32(38-41-50(45,46)29-17-14-23-8-2-5-11-26(23)20-29)36-33(35-31)39-42-51(47,48)30-18-15-24-9-3-6-12-27(24)21-30/h1-21,40-42H,(H3,34,35,36,37,38,39). The Labute approximate surface area is 292 Å². The van der Waals surface area contributed by atoms with Crippen LogP contribution in [0.1, 0.15) is 0 Å². The summed E-state index contributed by atoms with van der Waals surface area (Å²) in [5.41, 5.74) is 7.13. The molecule has 51 heavy (non-hydrogen) atoms. The largest absolute Gasteiger partial charge is 0.275 e. The Morgan fingerprint density at radius 1 is 0.333 bits per heavy atom. The minimum absolute atomic E-state index is 0.0641. The van der Waals surface area contributed by atoms with Gasteiger partial charge in [0.15, 0.2) is 0 Å². The molecule has 7 rings (SSSR count). The molecule has 0 saturated carbocycles. The molecule has 15 nitrogen and oxygen atoms in total. The lowest BCUT2D eigenvalue weighted by Gasteiger charge is -2.14. The van der Waals surface area contributed by atoms with Gasteiger partial charge >= 0.3 is 0 Å². The minimum Gasteiger partial charge on any atom is -0.275 e. The van der Waals surface area contributed by atoms with Crippen molar-refractivity contribution in [3.05, 3.63) is 127 Å². The van der Waals surface area contributed by atoms with Gasteiger partial charge in [0.05, 0.1) is 14.7 Å². The number of hydrazine groups is 3. The van der Waals surface area contributed by atoms with Crippen molar-refractivity contribution in [3.8, 4) is 0 Å². The van der Waals surface area contributed by atoms with Crippen LogP contribution in [0.4, 0.5) is 17.8 Å². The van der Waals surface area contributed by atoms with Crippen LogP contribution in [0.25, 0.3) is 32.3 Å². The molecular formula is C33H27N9O6S3. The van der Waals surface area contributed by atoms with Crippen molar-refractivity contribution in [2.75, 3.05) is 16.3 Å². The molecule has 0 spiro atoms. The third-order valence-electron chi connectivity index (χ3n) is 7.62. The zero-order valence-corrected chi connectivity index (χ0v) is 28.6. The van der Waals surface area contributed by atoms with E-state index in [2.05, 4.69) is 45.7 Å². The molecule has 6 aromatic carbocycles. The molecule has 0 saturated heterocycles. The van der Waals surface area contributed by atoms with Crippen molar-refractivity contribution in [1.29, 1.82) is 0 Å². The van der Waals surface area contributed by atoms with Crippen molar-refractivity contribution < 1.29 is 25.3 Å². The maximum atomic E-state index is 13.2. The van der Waals surface area contributed by atoms with Crippen LogP contribution < -0.4 is 30.8 Å². The molecule has 0 aliphatic heterocycles. The predicted molar refractivity (Wildman–Crippen MR) is 194 cm³/mol. The highest BCUT2D eigenvalue weighted by molar-refractivity contribution is 7.90. The molecule has 258 valence electrons. The van der Waals surface area contributed by atoms with Crippen molar-refractivity contribution in [2.45, 2.75) is 14.7 Å². The van der Waals surface area contributed by atoms with Gasteiger partial charge < -0.3 is 0 Å². The molecule has 0 radical (unpaired) electrons. The Kier molecular flexibility index (Phi) is 8.93. The molecule has 0 aliphatic rings. The van der Waals surface area contributed by atoms with E-state index in [4.69, 9.17) is 0 Å². The molecule has 0 unspecified atom stereocenters. The molecule has 6 N–H and O–H groups in total. The quantitative estimate of drug-likeness (QED) is 0.0971. The summed E-state index contributed by atoms with van der Waals surface area (Å²) in [6.07, 6.45) is 0. The van der Waals surface area contributed by atoms with E-state index in [1.807, 2.05) is 36.4 Å². The summed E-state index contributed by atoms with van der Waals surface area (Å²) in [5.74, 6) is -1.27. The maximum Gasteiger partial charge on any atom is 0.257 e. The summed E-state index contributed by atoms with van der Waals surface area (Å²) in [7, 11) is -12.5. The molecule has 0 fully saturated rings. The number of fused-ring (bicyclic) bond motifs is 3. The summed E-state index contributed by atoms with van der Waals surface area (Å²) in [4.78, 5) is 18.5. The fourth-order valence-corrected chi connectivity index (χ4v) is 7.68. The lowest BCUT2D eigenvalue weighted by atomic mass is 10.1. The fraction of sp³-hybridized carbons (Fsp3) is 0. The van der Waals surface area contributed by atoms with Crippen molar-refractivity contribution in [2.24, 2.45) is 0 Å². The normalized spacial score (nSPS) is 12.2. The highest BCUT2D eigenvalue weighted by atomic mass is 32.2. The number of benzene rings is 6. The van der Waals surface area contributed by atoms with Crippen LogP contribution in [0.2, 0.25) is 0 Å². The average Bonchev–Trinajstić information content (AvgIpc) is 3.15. The van der Waals surface area contributed by atoms with Crippen LogP contribution in [-0.2, 0) is 30.1 Å². The van der Waals surface area contributed by atoms with Crippen LogP contribution >= 0.6 is 0 Å². The first kappa shape index (κ1) is 33.7. The highest BCUT2D eigenvalue weighted by Crippen LogP contribution is 2.22. The average molecular weight is 742 g/mol. The van der Waals surface area contributed by atoms with Gasteiger partial charge in [0.2, 0.25) is 17.8 Å². The first-order chi connectivity index (χ1) is 24.4. The van der Waals surface area contributed by atoms with Crippen molar-refractivity contribution >= 4 is 80.2 Å². The summed E-state index contributed by atoms with van der Waals surface area (Å²) < 4.78 is 79.0. The van der Waals surface area contributed by atoms with Crippen LogP contribution in [0, 0.1) is 0 Å². The lowest BCUT2D eigenvalue weighted by Crippen LogP contribution is -2.34. The van der Waals surface area contributed by atoms with E-state index < -0.39 is 47.9 Å². The van der Waals surface area contributed by atoms with E-state index in [-0.39, 0.29) is 14.7 Å². The number of aromatic nitrogens is 3. The first-order valence-corrected chi connectivity index (χ1v) is 19.5. The Morgan fingerprint density at radius 3 is 0.863 bits per heavy atom. The number of hydrogen-bond donors (Lipinski definition) is 6. The number of hydrogen-bond acceptors (Lipinski definition) is 12. The summed E-state index contributed by atoms with van der Waals surface area (Å²) >= 11 is 0. The first-order valence-electron chi connectivity index (χ1n) is 15.0. The second kappa shape index (κ2) is 13.5. The lowest BCUT2D eigenvalue weighted by molar-refractivity contribution is 0.586. The molecule has 0 aliphatic carbocycles. The third kappa shape index (κ3) is 7.55. The maximum absolute atomic E-state index is 13.2. The molecule has 0 atom stereocenters. The van der Waals surface area contributed by atoms with Gasteiger partial charge in [-0.1, -0.05) is 91.0 Å². The molecule has 0 bridgehead atoms. The molecule has 0 amide bonds. The fourth-order valence-electron chi connectivity index (χ4n) is 5.06. The second-order valence-electron chi connectivity index (χ2n) is 11.0. The molecule has 1 aromatic heterocycles. The summed E-state index contributed by atoms with van der Waals surface area (Å²) in [5, 5.41) is 4.59. The Bertz CT molecular complexity index is 2470. The van der Waals surface area contributed by atoms with Gasteiger partial charge in [-0.3, -0.25) is 16.3 Å². The van der Waals surface area contributed by atoms with Gasteiger partial charge in [0.25, 0.3) is 30.1 Å². The Hall–Kier alpha value is -5.76. The Morgan fingerprint density at radius 2 is 0.588 bits per heavy atom. The zero-order valence-electron chi connectivity index (χ0n) is 26.1. The molecule has 1 heterocycles. The number of rotatable bonds is 12. The van der Waals surface area contributed by atoms with E-state index in [1.165, 1.54) is 36.4 Å². The van der Waals surface area contributed by atoms with Crippen LogP contribution in [0.5, 0.6) is 0 Å². The molecular weight excluding hydrogens is 715 g/mol. The summed E-state index contributed by atoms with van der Waals surface area (Å²) in [6, 6.07) is 35.3. The van der Waals surface area contributed by atoms with Crippen LogP contribution in [-0.4, -0.2) is 40.2 Å². The van der Waals surface area contributed by atoms with Gasteiger partial charge in [0.1, 0.15) is 0 Å². The smallest absolute Gasteiger partial charge is 0.257 e. The topological polar surface area (TPSA) is 213 Å². The summed E-state index contributed by atoms with van der Waals surface area (Å²) in [6.45, 7) is 0. The second-order valence-corrected chi connectivity index (χ2v) is 16.1. The SMILES string of the molecule is O=S(=O)(NNc1nc(NNS(=O)(=O)c2ccc3ccccc3c2)nc(NNS(=O)(=O)c2ccc3ccccc3c2)n1)c1ccc2ccccc2c1. The highest BCUT2D eigenvalue weighted by Gasteiger charge is 2.20. The number of nitrogens with zero attached hydrogens (tertiary/aromatic N) is 3. The molecule has 18 heteroatoms. The number of nitrogens with one attached hydrogen (secondary N) is 6.